The van der Waals surface area contributed by atoms with Gasteiger partial charge in [0.05, 0.1) is 5.69 Å². The molecule has 0 spiro atoms. The van der Waals surface area contributed by atoms with E-state index in [4.69, 9.17) is 4.74 Å². The van der Waals surface area contributed by atoms with E-state index in [1.165, 1.54) is 0 Å². The van der Waals surface area contributed by atoms with Crippen LogP contribution in [0.15, 0.2) is 67.1 Å². The van der Waals surface area contributed by atoms with Crippen LogP contribution in [-0.4, -0.2) is 20.7 Å². The molecule has 6 nitrogen and oxygen atoms in total. The molecule has 0 saturated heterocycles. The molecule has 0 unspecified atom stereocenters. The van der Waals surface area contributed by atoms with Crippen LogP contribution in [0.4, 0.5) is 0 Å². The van der Waals surface area contributed by atoms with E-state index in [1.807, 2.05) is 54.7 Å². The zero-order chi connectivity index (χ0) is 17.3. The Kier molecular flexibility index (Phi) is 5.77. The average molecular weight is 336 g/mol. The van der Waals surface area contributed by atoms with Gasteiger partial charge in [0.15, 0.2) is 0 Å². The molecule has 0 radical (unpaired) electrons. The summed E-state index contributed by atoms with van der Waals surface area (Å²) in [5, 5.41) is 6.98. The molecule has 0 aliphatic rings. The Labute approximate surface area is 146 Å². The summed E-state index contributed by atoms with van der Waals surface area (Å²) in [4.78, 5) is 16.1. The van der Waals surface area contributed by atoms with Gasteiger partial charge in [0.1, 0.15) is 12.4 Å². The number of ether oxygens (including phenoxy) is 1. The zero-order valence-electron chi connectivity index (χ0n) is 13.8. The van der Waals surface area contributed by atoms with E-state index in [-0.39, 0.29) is 5.91 Å². The summed E-state index contributed by atoms with van der Waals surface area (Å²) in [6.07, 6.45) is 5.70. The van der Waals surface area contributed by atoms with Crippen LogP contribution in [0.5, 0.6) is 5.75 Å². The van der Waals surface area contributed by atoms with Gasteiger partial charge in [-0.3, -0.25) is 14.5 Å². The van der Waals surface area contributed by atoms with Crippen molar-refractivity contribution in [1.29, 1.82) is 0 Å². The normalized spacial score (nSPS) is 10.4. The summed E-state index contributed by atoms with van der Waals surface area (Å²) in [6.45, 7) is 1.52. The third-order valence-corrected chi connectivity index (χ3v) is 3.65. The minimum atomic E-state index is 0.00554. The number of carbonyl (C=O) groups excluding carboxylic acids is 1. The molecule has 0 atom stereocenters. The monoisotopic (exact) mass is 336 g/mol. The number of aromatic nitrogens is 3. The predicted octanol–water partition coefficient (Wildman–Crippen LogP) is 2.56. The number of amides is 1. The number of nitrogens with one attached hydrogen (secondary N) is 1. The molecule has 2 heterocycles. The second-order valence-electron chi connectivity index (χ2n) is 5.55. The van der Waals surface area contributed by atoms with Gasteiger partial charge in [-0.2, -0.15) is 5.10 Å². The molecule has 3 rings (SSSR count). The SMILES string of the molecule is O=C(CCn1cccn1)NCc1ccc(OCc2ccccn2)cc1. The van der Waals surface area contributed by atoms with Crippen molar-refractivity contribution in [2.75, 3.05) is 0 Å². The molecule has 0 saturated carbocycles. The van der Waals surface area contributed by atoms with E-state index >= 15 is 0 Å². The Balaban J connectivity index is 1.40. The Hall–Kier alpha value is -3.15. The van der Waals surface area contributed by atoms with Crippen molar-refractivity contribution in [2.45, 2.75) is 26.1 Å². The molecule has 0 fully saturated rings. The van der Waals surface area contributed by atoms with Crippen LogP contribution in [0, 0.1) is 0 Å². The van der Waals surface area contributed by atoms with E-state index < -0.39 is 0 Å². The van der Waals surface area contributed by atoms with E-state index in [0.717, 1.165) is 17.0 Å². The van der Waals surface area contributed by atoms with Crippen LogP contribution in [0.25, 0.3) is 0 Å². The summed E-state index contributed by atoms with van der Waals surface area (Å²) >= 11 is 0. The molecule has 0 bridgehead atoms. The first-order valence-electron chi connectivity index (χ1n) is 8.15. The van der Waals surface area contributed by atoms with Gasteiger partial charge in [0, 0.05) is 38.1 Å². The van der Waals surface area contributed by atoms with E-state index in [0.29, 0.717) is 26.1 Å². The molecule has 0 aliphatic heterocycles. The summed E-state index contributed by atoms with van der Waals surface area (Å²) in [7, 11) is 0. The second-order valence-corrected chi connectivity index (χ2v) is 5.55. The lowest BCUT2D eigenvalue weighted by Crippen LogP contribution is -2.24. The van der Waals surface area contributed by atoms with Crippen molar-refractivity contribution >= 4 is 5.91 Å². The molecule has 128 valence electrons. The number of rotatable bonds is 8. The molecule has 1 amide bonds. The molecular formula is C19H20N4O2. The fraction of sp³-hybridized carbons (Fsp3) is 0.211. The zero-order valence-corrected chi connectivity index (χ0v) is 13.8. The molecule has 2 aromatic heterocycles. The summed E-state index contributed by atoms with van der Waals surface area (Å²) in [5.74, 6) is 0.783. The Bertz CT molecular complexity index is 771. The Morgan fingerprint density at radius 3 is 2.68 bits per heavy atom. The quantitative estimate of drug-likeness (QED) is 0.686. The number of aryl methyl sites for hydroxylation is 1. The van der Waals surface area contributed by atoms with Crippen molar-refractivity contribution in [3.8, 4) is 5.75 Å². The maximum Gasteiger partial charge on any atom is 0.222 e. The molecular weight excluding hydrogens is 316 g/mol. The van der Waals surface area contributed by atoms with Gasteiger partial charge in [-0.05, 0) is 35.9 Å². The highest BCUT2D eigenvalue weighted by Gasteiger charge is 2.03. The first-order chi connectivity index (χ1) is 12.3. The van der Waals surface area contributed by atoms with Crippen LogP contribution in [0.1, 0.15) is 17.7 Å². The molecule has 0 aliphatic carbocycles. The van der Waals surface area contributed by atoms with E-state index in [9.17, 15) is 4.79 Å². The average Bonchev–Trinajstić information content (AvgIpc) is 3.18. The summed E-state index contributed by atoms with van der Waals surface area (Å²) in [5.41, 5.74) is 1.91. The van der Waals surface area contributed by atoms with Crippen molar-refractivity contribution in [2.24, 2.45) is 0 Å². The molecule has 6 heteroatoms. The fourth-order valence-electron chi connectivity index (χ4n) is 2.28. The fourth-order valence-corrected chi connectivity index (χ4v) is 2.28. The number of carbonyl (C=O) groups is 1. The van der Waals surface area contributed by atoms with Crippen molar-refractivity contribution < 1.29 is 9.53 Å². The van der Waals surface area contributed by atoms with Gasteiger partial charge >= 0.3 is 0 Å². The van der Waals surface area contributed by atoms with Crippen molar-refractivity contribution in [3.63, 3.8) is 0 Å². The van der Waals surface area contributed by atoms with E-state index in [1.54, 1.807) is 17.1 Å². The highest BCUT2D eigenvalue weighted by atomic mass is 16.5. The highest BCUT2D eigenvalue weighted by Crippen LogP contribution is 2.13. The predicted molar refractivity (Wildman–Crippen MR) is 93.7 cm³/mol. The third kappa shape index (κ3) is 5.46. The second kappa shape index (κ2) is 8.63. The number of nitrogens with zero attached hydrogens (tertiary/aromatic N) is 3. The number of hydrogen-bond acceptors (Lipinski definition) is 4. The Morgan fingerprint density at radius 1 is 1.08 bits per heavy atom. The standard InChI is InChI=1S/C19H20N4O2/c24-19(9-13-23-12-3-11-22-23)21-14-16-5-7-18(8-6-16)25-15-17-4-1-2-10-20-17/h1-8,10-12H,9,13-15H2,(H,21,24). The lowest BCUT2D eigenvalue weighted by Gasteiger charge is -2.08. The van der Waals surface area contributed by atoms with Crippen LogP contribution in [-0.2, 0) is 24.5 Å². The molecule has 25 heavy (non-hydrogen) atoms. The van der Waals surface area contributed by atoms with Gasteiger partial charge in [0.25, 0.3) is 0 Å². The lowest BCUT2D eigenvalue weighted by atomic mass is 10.2. The molecule has 3 aromatic rings. The van der Waals surface area contributed by atoms with Gasteiger partial charge in [-0.15, -0.1) is 0 Å². The van der Waals surface area contributed by atoms with Crippen LogP contribution >= 0.6 is 0 Å². The summed E-state index contributed by atoms with van der Waals surface area (Å²) in [6, 6.07) is 15.3. The van der Waals surface area contributed by atoms with Gasteiger partial charge < -0.3 is 10.1 Å². The number of benzene rings is 1. The first-order valence-corrected chi connectivity index (χ1v) is 8.15. The van der Waals surface area contributed by atoms with Crippen LogP contribution < -0.4 is 10.1 Å². The minimum absolute atomic E-state index is 0.00554. The molecule has 1 aromatic carbocycles. The van der Waals surface area contributed by atoms with Crippen LogP contribution in [0.2, 0.25) is 0 Å². The first kappa shape index (κ1) is 16.7. The third-order valence-electron chi connectivity index (χ3n) is 3.65. The maximum atomic E-state index is 11.9. The minimum Gasteiger partial charge on any atom is -0.487 e. The van der Waals surface area contributed by atoms with Gasteiger partial charge in [-0.1, -0.05) is 18.2 Å². The maximum absolute atomic E-state index is 11.9. The van der Waals surface area contributed by atoms with Crippen molar-refractivity contribution in [1.82, 2.24) is 20.1 Å². The van der Waals surface area contributed by atoms with Gasteiger partial charge in [0.2, 0.25) is 5.91 Å². The molecule has 1 N–H and O–H groups in total. The number of hydrogen-bond donors (Lipinski definition) is 1. The van der Waals surface area contributed by atoms with Crippen molar-refractivity contribution in [3.05, 3.63) is 78.4 Å². The number of pyridine rings is 1. The Morgan fingerprint density at radius 2 is 1.96 bits per heavy atom. The van der Waals surface area contributed by atoms with Crippen LogP contribution in [0.3, 0.4) is 0 Å². The lowest BCUT2D eigenvalue weighted by molar-refractivity contribution is -0.121. The van der Waals surface area contributed by atoms with Gasteiger partial charge in [-0.25, -0.2) is 0 Å². The van der Waals surface area contributed by atoms with E-state index in [2.05, 4.69) is 15.4 Å². The smallest absolute Gasteiger partial charge is 0.222 e. The topological polar surface area (TPSA) is 69.0 Å². The largest absolute Gasteiger partial charge is 0.487 e. The summed E-state index contributed by atoms with van der Waals surface area (Å²) < 4.78 is 7.44. The highest BCUT2D eigenvalue weighted by molar-refractivity contribution is 5.75.